The lowest BCUT2D eigenvalue weighted by Crippen LogP contribution is -1.98. The molecule has 0 radical (unpaired) electrons. The van der Waals surface area contributed by atoms with Gasteiger partial charge >= 0.3 is 0 Å². The van der Waals surface area contributed by atoms with Crippen molar-refractivity contribution >= 4 is 22.7 Å². The summed E-state index contributed by atoms with van der Waals surface area (Å²) in [6, 6.07) is 16.6. The van der Waals surface area contributed by atoms with Gasteiger partial charge in [-0.1, -0.05) is 24.3 Å². The van der Waals surface area contributed by atoms with Gasteiger partial charge in [0.2, 0.25) is 0 Å². The van der Waals surface area contributed by atoms with Crippen LogP contribution in [0.25, 0.3) is 10.9 Å². The van der Waals surface area contributed by atoms with Gasteiger partial charge in [0, 0.05) is 28.8 Å². The molecule has 0 aliphatic carbocycles. The number of hydrogen-bond acceptors (Lipinski definition) is 3. The molecule has 4 heteroatoms. The third-order valence-electron chi connectivity index (χ3n) is 3.47. The normalized spacial score (nSPS) is 11.0. The molecule has 1 heterocycles. The highest BCUT2D eigenvalue weighted by Crippen LogP contribution is 2.30. The van der Waals surface area contributed by atoms with Crippen molar-refractivity contribution < 1.29 is 4.74 Å². The molecular formula is C17H18N2OS. The monoisotopic (exact) mass is 298 g/mol. The fraction of sp³-hybridized carbons (Fsp3) is 0.176. The van der Waals surface area contributed by atoms with Crippen molar-refractivity contribution in [3.05, 3.63) is 59.7 Å². The number of fused-ring (bicyclic) bond motifs is 1. The lowest BCUT2D eigenvalue weighted by Gasteiger charge is -2.09. The molecular weight excluding hydrogens is 280 g/mol. The number of benzene rings is 2. The Morgan fingerprint density at radius 2 is 2.00 bits per heavy atom. The summed E-state index contributed by atoms with van der Waals surface area (Å²) in [7, 11) is 1.70. The van der Waals surface area contributed by atoms with Gasteiger partial charge < -0.3 is 15.5 Å². The summed E-state index contributed by atoms with van der Waals surface area (Å²) in [5.74, 6) is 1.76. The Labute approximate surface area is 128 Å². The molecule has 3 rings (SSSR count). The minimum absolute atomic E-state index is 0.550. The maximum absolute atomic E-state index is 5.71. The van der Waals surface area contributed by atoms with Gasteiger partial charge in [-0.25, -0.2) is 0 Å². The molecule has 3 aromatic rings. The van der Waals surface area contributed by atoms with E-state index in [0.29, 0.717) is 6.54 Å². The second-order valence-electron chi connectivity index (χ2n) is 4.86. The molecule has 0 unspecified atom stereocenters. The van der Waals surface area contributed by atoms with Gasteiger partial charge in [-0.05, 0) is 29.8 Å². The van der Waals surface area contributed by atoms with Gasteiger partial charge in [0.25, 0.3) is 0 Å². The number of para-hydroxylation sites is 1. The van der Waals surface area contributed by atoms with Gasteiger partial charge in [-0.15, -0.1) is 11.8 Å². The number of methoxy groups -OCH3 is 1. The van der Waals surface area contributed by atoms with Crippen molar-refractivity contribution in [1.82, 2.24) is 4.98 Å². The summed E-state index contributed by atoms with van der Waals surface area (Å²) in [6.45, 7) is 0.550. The van der Waals surface area contributed by atoms with Crippen LogP contribution < -0.4 is 10.5 Å². The third-order valence-corrected chi connectivity index (χ3v) is 4.46. The van der Waals surface area contributed by atoms with Crippen LogP contribution in [0.1, 0.15) is 11.1 Å². The van der Waals surface area contributed by atoms with Crippen LogP contribution in [-0.2, 0) is 12.3 Å². The summed E-state index contributed by atoms with van der Waals surface area (Å²) < 4.78 is 5.43. The van der Waals surface area contributed by atoms with Crippen molar-refractivity contribution in [2.75, 3.05) is 7.11 Å². The molecule has 0 aliphatic heterocycles. The van der Waals surface area contributed by atoms with Gasteiger partial charge in [0.1, 0.15) is 5.75 Å². The molecule has 108 valence electrons. The molecule has 0 bridgehead atoms. The van der Waals surface area contributed by atoms with Crippen LogP contribution in [0.5, 0.6) is 5.75 Å². The summed E-state index contributed by atoms with van der Waals surface area (Å²) >= 11 is 1.77. The second-order valence-corrected chi connectivity index (χ2v) is 5.88. The Morgan fingerprint density at radius 3 is 2.76 bits per heavy atom. The van der Waals surface area contributed by atoms with Crippen LogP contribution >= 0.6 is 11.8 Å². The smallest absolute Gasteiger partial charge is 0.122 e. The van der Waals surface area contributed by atoms with Gasteiger partial charge in [-0.2, -0.15) is 0 Å². The minimum Gasteiger partial charge on any atom is -0.496 e. The van der Waals surface area contributed by atoms with Gasteiger partial charge in [0.15, 0.2) is 0 Å². The van der Waals surface area contributed by atoms with E-state index in [1.54, 1.807) is 18.9 Å². The van der Waals surface area contributed by atoms with Crippen LogP contribution in [0.4, 0.5) is 0 Å². The van der Waals surface area contributed by atoms with Crippen LogP contribution in [-0.4, -0.2) is 12.1 Å². The fourth-order valence-electron chi connectivity index (χ4n) is 2.35. The number of H-pyrrole nitrogens is 1. The van der Waals surface area contributed by atoms with Crippen molar-refractivity contribution in [2.24, 2.45) is 5.73 Å². The molecule has 0 atom stereocenters. The summed E-state index contributed by atoms with van der Waals surface area (Å²) in [5.41, 5.74) is 9.18. The lowest BCUT2D eigenvalue weighted by molar-refractivity contribution is 0.411. The first kappa shape index (κ1) is 14.0. The number of rotatable bonds is 5. The zero-order chi connectivity index (χ0) is 14.7. The Hall–Kier alpha value is -1.91. The predicted molar refractivity (Wildman–Crippen MR) is 88.7 cm³/mol. The number of ether oxygens (including phenoxy) is 1. The van der Waals surface area contributed by atoms with E-state index in [9.17, 15) is 0 Å². The molecule has 21 heavy (non-hydrogen) atoms. The van der Waals surface area contributed by atoms with E-state index in [2.05, 4.69) is 35.3 Å². The van der Waals surface area contributed by atoms with Crippen LogP contribution in [0.3, 0.4) is 0 Å². The van der Waals surface area contributed by atoms with E-state index < -0.39 is 0 Å². The standard InChI is InChI=1S/C17H18N2OS/c1-20-16-7-6-12(10-18)8-14(16)11-21-17-9-13-4-2-3-5-15(13)19-17/h2-9,19H,10-11,18H2,1H3. The average Bonchev–Trinajstić information content (AvgIpc) is 2.95. The number of thioether (sulfide) groups is 1. The zero-order valence-electron chi connectivity index (χ0n) is 11.9. The van der Waals surface area contributed by atoms with Crippen LogP contribution in [0.2, 0.25) is 0 Å². The van der Waals surface area contributed by atoms with E-state index in [-0.39, 0.29) is 0 Å². The first-order valence-corrected chi connectivity index (χ1v) is 7.85. The fourth-order valence-corrected chi connectivity index (χ4v) is 3.28. The Kier molecular flexibility index (Phi) is 4.18. The van der Waals surface area contributed by atoms with Crippen LogP contribution in [0.15, 0.2) is 53.6 Å². The predicted octanol–water partition coefficient (Wildman–Crippen LogP) is 3.93. The lowest BCUT2D eigenvalue weighted by atomic mass is 10.1. The van der Waals surface area contributed by atoms with Crippen molar-refractivity contribution in [3.8, 4) is 5.75 Å². The summed E-state index contributed by atoms with van der Waals surface area (Å²) in [6.07, 6.45) is 0. The highest BCUT2D eigenvalue weighted by atomic mass is 32.2. The number of aromatic amines is 1. The maximum Gasteiger partial charge on any atom is 0.122 e. The highest BCUT2D eigenvalue weighted by molar-refractivity contribution is 7.98. The quantitative estimate of drug-likeness (QED) is 0.702. The zero-order valence-corrected chi connectivity index (χ0v) is 12.7. The number of nitrogens with one attached hydrogen (secondary N) is 1. The van der Waals surface area contributed by atoms with E-state index in [4.69, 9.17) is 10.5 Å². The topological polar surface area (TPSA) is 51.0 Å². The molecule has 0 amide bonds. The van der Waals surface area contributed by atoms with Crippen molar-refractivity contribution in [1.29, 1.82) is 0 Å². The van der Waals surface area contributed by atoms with E-state index in [1.165, 1.54) is 16.5 Å². The molecule has 2 aromatic carbocycles. The third kappa shape index (κ3) is 3.06. The molecule has 1 aromatic heterocycles. The van der Waals surface area contributed by atoms with E-state index in [1.807, 2.05) is 18.2 Å². The van der Waals surface area contributed by atoms with E-state index in [0.717, 1.165) is 22.1 Å². The Balaban J connectivity index is 1.80. The molecule has 0 aliphatic rings. The molecule has 0 fully saturated rings. The Morgan fingerprint density at radius 1 is 1.14 bits per heavy atom. The highest BCUT2D eigenvalue weighted by Gasteiger charge is 2.07. The molecule has 0 saturated heterocycles. The molecule has 0 saturated carbocycles. The largest absolute Gasteiger partial charge is 0.496 e. The van der Waals surface area contributed by atoms with Crippen molar-refractivity contribution in [2.45, 2.75) is 17.3 Å². The number of aromatic nitrogens is 1. The maximum atomic E-state index is 5.71. The molecule has 3 N–H and O–H groups in total. The number of nitrogens with two attached hydrogens (primary N) is 1. The summed E-state index contributed by atoms with van der Waals surface area (Å²) in [4.78, 5) is 3.43. The van der Waals surface area contributed by atoms with E-state index >= 15 is 0 Å². The minimum atomic E-state index is 0.550. The van der Waals surface area contributed by atoms with Gasteiger partial charge in [-0.3, -0.25) is 0 Å². The summed E-state index contributed by atoms with van der Waals surface area (Å²) in [5, 5.41) is 2.40. The van der Waals surface area contributed by atoms with Crippen LogP contribution in [0, 0.1) is 0 Å². The van der Waals surface area contributed by atoms with Gasteiger partial charge in [0.05, 0.1) is 12.1 Å². The van der Waals surface area contributed by atoms with Crippen molar-refractivity contribution in [3.63, 3.8) is 0 Å². The average molecular weight is 298 g/mol. The Bertz CT molecular complexity index is 718. The molecule has 3 nitrogen and oxygen atoms in total. The molecule has 0 spiro atoms. The number of hydrogen-bond donors (Lipinski definition) is 2. The first-order chi connectivity index (χ1) is 10.3. The second kappa shape index (κ2) is 6.24. The first-order valence-electron chi connectivity index (χ1n) is 6.86. The SMILES string of the molecule is COc1ccc(CN)cc1CSc1cc2ccccc2[nH]1.